The van der Waals surface area contributed by atoms with E-state index in [1.54, 1.807) is 18.3 Å². The lowest BCUT2D eigenvalue weighted by Crippen LogP contribution is -2.30. The van der Waals surface area contributed by atoms with Gasteiger partial charge in [0, 0.05) is 46.3 Å². The standard InChI is InChI=1S/C28H28ClN3O2/c1-3-30-28(34)21-11-12-22-23(17-32-25(22)16-21)27(33)26(20-7-5-4-6-8-20)31-14-13-19-10-9-18(2)15-24(19)29/h4-12,15-17,26,31-32H,3,13-14H2,1-2H3,(H,30,34)/t26-/m1/s1. The van der Waals surface area contributed by atoms with Crippen LogP contribution in [0.2, 0.25) is 5.02 Å². The highest BCUT2D eigenvalue weighted by molar-refractivity contribution is 6.31. The van der Waals surface area contributed by atoms with Gasteiger partial charge >= 0.3 is 0 Å². The van der Waals surface area contributed by atoms with Crippen molar-refractivity contribution in [3.05, 3.63) is 106 Å². The lowest BCUT2D eigenvalue weighted by Gasteiger charge is -2.18. The van der Waals surface area contributed by atoms with Gasteiger partial charge in [0.2, 0.25) is 0 Å². The van der Waals surface area contributed by atoms with Gasteiger partial charge in [0.1, 0.15) is 0 Å². The first-order valence-electron chi connectivity index (χ1n) is 11.4. The van der Waals surface area contributed by atoms with E-state index in [0.29, 0.717) is 30.6 Å². The van der Waals surface area contributed by atoms with Gasteiger partial charge in [-0.2, -0.15) is 0 Å². The maximum atomic E-state index is 13.7. The number of hydrogen-bond donors (Lipinski definition) is 3. The van der Waals surface area contributed by atoms with E-state index in [4.69, 9.17) is 11.6 Å². The van der Waals surface area contributed by atoms with E-state index in [9.17, 15) is 9.59 Å². The molecule has 3 aromatic carbocycles. The second-order valence-electron chi connectivity index (χ2n) is 8.33. The molecule has 0 fully saturated rings. The fraction of sp³-hybridized carbons (Fsp3) is 0.214. The fourth-order valence-electron chi connectivity index (χ4n) is 4.10. The van der Waals surface area contributed by atoms with E-state index in [-0.39, 0.29) is 11.7 Å². The molecule has 1 amide bonds. The molecule has 174 valence electrons. The Hall–Kier alpha value is -3.41. The summed E-state index contributed by atoms with van der Waals surface area (Å²) >= 11 is 6.40. The summed E-state index contributed by atoms with van der Waals surface area (Å²) in [5.74, 6) is -0.163. The smallest absolute Gasteiger partial charge is 0.251 e. The zero-order chi connectivity index (χ0) is 24.1. The van der Waals surface area contributed by atoms with Gasteiger partial charge in [-0.3, -0.25) is 9.59 Å². The van der Waals surface area contributed by atoms with E-state index in [0.717, 1.165) is 32.6 Å². The van der Waals surface area contributed by atoms with Crippen molar-refractivity contribution in [2.45, 2.75) is 26.3 Å². The Bertz CT molecular complexity index is 1310. The maximum absolute atomic E-state index is 13.7. The topological polar surface area (TPSA) is 74.0 Å². The molecule has 1 heterocycles. The van der Waals surface area contributed by atoms with Crippen molar-refractivity contribution in [2.24, 2.45) is 0 Å². The molecule has 4 rings (SSSR count). The first-order chi connectivity index (χ1) is 16.5. The lowest BCUT2D eigenvalue weighted by atomic mass is 9.96. The van der Waals surface area contributed by atoms with Gasteiger partial charge in [0.05, 0.1) is 6.04 Å². The molecule has 1 atom stereocenters. The minimum atomic E-state index is -0.507. The van der Waals surface area contributed by atoms with Crippen LogP contribution in [-0.2, 0) is 6.42 Å². The van der Waals surface area contributed by atoms with Gasteiger partial charge in [0.25, 0.3) is 5.91 Å². The molecule has 5 nitrogen and oxygen atoms in total. The quantitative estimate of drug-likeness (QED) is 0.275. The molecule has 1 aromatic heterocycles. The average Bonchev–Trinajstić information content (AvgIpc) is 3.27. The van der Waals surface area contributed by atoms with E-state index in [2.05, 4.69) is 15.6 Å². The maximum Gasteiger partial charge on any atom is 0.251 e. The van der Waals surface area contributed by atoms with E-state index < -0.39 is 6.04 Å². The van der Waals surface area contributed by atoms with Gasteiger partial charge in [-0.15, -0.1) is 0 Å². The number of rotatable bonds is 9. The number of carbonyl (C=O) groups is 2. The molecular formula is C28H28ClN3O2. The number of amides is 1. The number of halogens is 1. The van der Waals surface area contributed by atoms with Crippen LogP contribution in [0, 0.1) is 6.92 Å². The molecule has 0 bridgehead atoms. The summed E-state index contributed by atoms with van der Waals surface area (Å²) in [6.07, 6.45) is 2.43. The van der Waals surface area contributed by atoms with Crippen molar-refractivity contribution < 1.29 is 9.59 Å². The third-order valence-corrected chi connectivity index (χ3v) is 6.25. The van der Waals surface area contributed by atoms with E-state index in [1.165, 1.54) is 0 Å². The van der Waals surface area contributed by atoms with Crippen molar-refractivity contribution in [2.75, 3.05) is 13.1 Å². The number of aromatic amines is 1. The minimum absolute atomic E-state index is 0.0294. The van der Waals surface area contributed by atoms with Crippen LogP contribution in [0.15, 0.2) is 72.9 Å². The summed E-state index contributed by atoms with van der Waals surface area (Å²) < 4.78 is 0. The number of Topliss-reactive ketones (excluding diaryl/α,β-unsaturated/α-hetero) is 1. The number of hydrogen-bond acceptors (Lipinski definition) is 3. The summed E-state index contributed by atoms with van der Waals surface area (Å²) in [6, 6.07) is 20.6. The molecule has 0 unspecified atom stereocenters. The molecule has 6 heteroatoms. The van der Waals surface area contributed by atoms with Crippen LogP contribution >= 0.6 is 11.6 Å². The number of carbonyl (C=O) groups excluding carboxylic acids is 2. The predicted molar refractivity (Wildman–Crippen MR) is 138 cm³/mol. The second kappa shape index (κ2) is 10.7. The average molecular weight is 474 g/mol. The van der Waals surface area contributed by atoms with Gasteiger partial charge < -0.3 is 15.6 Å². The molecule has 0 radical (unpaired) electrons. The third-order valence-electron chi connectivity index (χ3n) is 5.89. The minimum Gasteiger partial charge on any atom is -0.360 e. The number of benzene rings is 3. The Morgan fingerprint density at radius 2 is 1.82 bits per heavy atom. The van der Waals surface area contributed by atoms with Gasteiger partial charge in [-0.1, -0.05) is 60.1 Å². The molecular weight excluding hydrogens is 446 g/mol. The van der Waals surface area contributed by atoms with Crippen LogP contribution in [0.25, 0.3) is 10.9 Å². The van der Waals surface area contributed by atoms with Crippen molar-refractivity contribution in [3.63, 3.8) is 0 Å². The summed E-state index contributed by atoms with van der Waals surface area (Å²) in [5.41, 5.74) is 4.97. The third kappa shape index (κ3) is 5.22. The number of H-pyrrole nitrogens is 1. The highest BCUT2D eigenvalue weighted by Gasteiger charge is 2.24. The summed E-state index contributed by atoms with van der Waals surface area (Å²) in [7, 11) is 0. The van der Waals surface area contributed by atoms with E-state index >= 15 is 0 Å². The SMILES string of the molecule is CCNC(=O)c1ccc2c(C(=O)[C@H](NCCc3ccc(C)cc3Cl)c3ccccc3)c[nH]c2c1. The Morgan fingerprint density at radius 3 is 2.56 bits per heavy atom. The lowest BCUT2D eigenvalue weighted by molar-refractivity contribution is 0.0941. The Morgan fingerprint density at radius 1 is 1.03 bits per heavy atom. The first kappa shape index (κ1) is 23.7. The van der Waals surface area contributed by atoms with Crippen LogP contribution in [0.1, 0.15) is 50.4 Å². The molecule has 0 saturated heterocycles. The van der Waals surface area contributed by atoms with Crippen LogP contribution in [0.4, 0.5) is 0 Å². The summed E-state index contributed by atoms with van der Waals surface area (Å²) in [6.45, 7) is 5.05. The highest BCUT2D eigenvalue weighted by atomic mass is 35.5. The molecule has 0 aliphatic heterocycles. The molecule has 34 heavy (non-hydrogen) atoms. The number of fused-ring (bicyclic) bond motifs is 1. The molecule has 0 saturated carbocycles. The molecule has 0 aliphatic rings. The van der Waals surface area contributed by atoms with Crippen LogP contribution in [-0.4, -0.2) is 29.8 Å². The van der Waals surface area contributed by atoms with Gasteiger partial charge in [0.15, 0.2) is 5.78 Å². The Labute approximate surface area is 204 Å². The van der Waals surface area contributed by atoms with Crippen LogP contribution in [0.3, 0.4) is 0 Å². The van der Waals surface area contributed by atoms with Crippen molar-refractivity contribution in [1.29, 1.82) is 0 Å². The Balaban J connectivity index is 1.58. The first-order valence-corrected chi connectivity index (χ1v) is 11.8. The number of ketones is 1. The highest BCUT2D eigenvalue weighted by Crippen LogP contribution is 2.26. The van der Waals surface area contributed by atoms with Crippen molar-refractivity contribution in [3.8, 4) is 0 Å². The van der Waals surface area contributed by atoms with Crippen LogP contribution in [0.5, 0.6) is 0 Å². The largest absolute Gasteiger partial charge is 0.360 e. The fourth-order valence-corrected chi connectivity index (χ4v) is 4.43. The summed E-state index contributed by atoms with van der Waals surface area (Å²) in [4.78, 5) is 29.1. The number of aromatic nitrogens is 1. The van der Waals surface area contributed by atoms with Gasteiger partial charge in [-0.05, 0) is 55.2 Å². The Kier molecular flexibility index (Phi) is 7.46. The molecule has 0 aliphatic carbocycles. The second-order valence-corrected chi connectivity index (χ2v) is 8.74. The number of aryl methyl sites for hydroxylation is 1. The monoisotopic (exact) mass is 473 g/mol. The zero-order valence-electron chi connectivity index (χ0n) is 19.3. The number of nitrogens with one attached hydrogen (secondary N) is 3. The molecule has 3 N–H and O–H groups in total. The van der Waals surface area contributed by atoms with Crippen molar-refractivity contribution >= 4 is 34.2 Å². The molecule has 0 spiro atoms. The summed E-state index contributed by atoms with van der Waals surface area (Å²) in [5, 5.41) is 7.77. The predicted octanol–water partition coefficient (Wildman–Crippen LogP) is 5.64. The van der Waals surface area contributed by atoms with Crippen LogP contribution < -0.4 is 10.6 Å². The van der Waals surface area contributed by atoms with E-state index in [1.807, 2.05) is 68.4 Å². The molecule has 4 aromatic rings. The van der Waals surface area contributed by atoms with Crippen molar-refractivity contribution in [1.82, 2.24) is 15.6 Å². The zero-order valence-corrected chi connectivity index (χ0v) is 20.1. The van der Waals surface area contributed by atoms with Gasteiger partial charge in [-0.25, -0.2) is 0 Å². The normalized spacial score (nSPS) is 12.0.